The molecule has 0 unspecified atom stereocenters. The fourth-order valence-electron chi connectivity index (χ4n) is 8.01. The lowest BCUT2D eigenvalue weighted by Crippen LogP contribution is -2.03. The Morgan fingerprint density at radius 1 is 0.308 bits per heavy atom. The van der Waals surface area contributed by atoms with Crippen LogP contribution in [0.4, 0.5) is 0 Å². The van der Waals surface area contributed by atoms with Gasteiger partial charge in [-0.2, -0.15) is 0 Å². The van der Waals surface area contributed by atoms with Crippen LogP contribution in [-0.2, 0) is 0 Å². The molecule has 0 aliphatic heterocycles. The highest BCUT2D eigenvalue weighted by molar-refractivity contribution is 6.22. The van der Waals surface area contributed by atoms with Crippen LogP contribution in [0.3, 0.4) is 0 Å². The van der Waals surface area contributed by atoms with E-state index in [1.807, 2.05) is 0 Å². The summed E-state index contributed by atoms with van der Waals surface area (Å²) in [5.41, 5.74) is 12.7. The molecule has 0 spiro atoms. The molecular formula is C51H34O. The Morgan fingerprint density at radius 3 is 1.48 bits per heavy atom. The minimum Gasteiger partial charge on any atom is -0.456 e. The molecule has 1 aromatic heterocycles. The molecule has 0 saturated carbocycles. The average Bonchev–Trinajstić information content (AvgIpc) is 3.60. The molecule has 0 fully saturated rings. The molecular weight excluding hydrogens is 629 g/mol. The molecule has 0 bridgehead atoms. The third-order valence-corrected chi connectivity index (χ3v) is 10.6. The molecule has 0 saturated heterocycles. The van der Waals surface area contributed by atoms with Gasteiger partial charge in [-0.25, -0.2) is 0 Å². The normalized spacial score (nSPS) is 11.6. The Hall–Kier alpha value is -6.70. The molecule has 1 heteroatoms. The third kappa shape index (κ3) is 5.27. The van der Waals surface area contributed by atoms with E-state index in [9.17, 15) is 0 Å². The standard InChI is InChI=1S/C51H34O/c1-3-11-34(12-4-1)37-19-24-39(25-20-37)50(40-26-21-38(22-27-40)35-13-5-2-6-14-35)43-29-30-46-48(32-43)52-49-33-47(44-17-9-10-18-45(44)51(46)49)42-28-23-36-15-7-8-16-41(36)31-42/h1-33,50H. The number of benzene rings is 9. The average molecular weight is 663 g/mol. The first kappa shape index (κ1) is 30.2. The summed E-state index contributed by atoms with van der Waals surface area (Å²) in [7, 11) is 0. The summed E-state index contributed by atoms with van der Waals surface area (Å²) >= 11 is 0. The monoisotopic (exact) mass is 662 g/mol. The number of hydrogen-bond donors (Lipinski definition) is 0. The Labute approximate surface area is 303 Å². The molecule has 1 nitrogen and oxygen atoms in total. The second kappa shape index (κ2) is 12.6. The van der Waals surface area contributed by atoms with E-state index in [-0.39, 0.29) is 5.92 Å². The zero-order valence-electron chi connectivity index (χ0n) is 28.5. The maximum atomic E-state index is 6.83. The Bertz CT molecular complexity index is 2780. The van der Waals surface area contributed by atoms with Crippen molar-refractivity contribution in [3.05, 3.63) is 217 Å². The topological polar surface area (TPSA) is 13.1 Å². The van der Waals surface area contributed by atoms with Gasteiger partial charge in [0.25, 0.3) is 0 Å². The molecule has 0 amide bonds. The molecule has 0 aliphatic carbocycles. The van der Waals surface area contributed by atoms with E-state index in [2.05, 4.69) is 200 Å². The van der Waals surface area contributed by atoms with Crippen molar-refractivity contribution in [1.82, 2.24) is 0 Å². The van der Waals surface area contributed by atoms with Crippen LogP contribution in [0.1, 0.15) is 22.6 Å². The summed E-state index contributed by atoms with van der Waals surface area (Å²) in [5, 5.41) is 7.21. The van der Waals surface area contributed by atoms with Gasteiger partial charge in [0.05, 0.1) is 0 Å². The molecule has 52 heavy (non-hydrogen) atoms. The lowest BCUT2D eigenvalue weighted by Gasteiger charge is -2.20. The molecule has 244 valence electrons. The van der Waals surface area contributed by atoms with Gasteiger partial charge in [-0.15, -0.1) is 0 Å². The van der Waals surface area contributed by atoms with Gasteiger partial charge in [0.1, 0.15) is 11.2 Å². The Morgan fingerprint density at radius 2 is 0.827 bits per heavy atom. The third-order valence-electron chi connectivity index (χ3n) is 10.6. The van der Waals surface area contributed by atoms with Crippen molar-refractivity contribution in [2.45, 2.75) is 5.92 Å². The zero-order valence-corrected chi connectivity index (χ0v) is 28.5. The second-order valence-corrected chi connectivity index (χ2v) is 13.7. The van der Waals surface area contributed by atoms with Gasteiger partial charge in [0.15, 0.2) is 0 Å². The minimum atomic E-state index is 0.0252. The van der Waals surface area contributed by atoms with Crippen molar-refractivity contribution in [2.24, 2.45) is 0 Å². The van der Waals surface area contributed by atoms with E-state index in [1.165, 1.54) is 71.6 Å². The molecule has 10 rings (SSSR count). The first-order chi connectivity index (χ1) is 25.8. The van der Waals surface area contributed by atoms with Gasteiger partial charge in [0, 0.05) is 16.7 Å². The lowest BCUT2D eigenvalue weighted by molar-refractivity contribution is 0.668. The summed E-state index contributed by atoms with van der Waals surface area (Å²) in [6.45, 7) is 0. The summed E-state index contributed by atoms with van der Waals surface area (Å²) in [6.07, 6.45) is 0. The molecule has 10 aromatic rings. The highest BCUT2D eigenvalue weighted by Crippen LogP contribution is 2.42. The van der Waals surface area contributed by atoms with Crippen LogP contribution in [0, 0.1) is 0 Å². The molecule has 0 N–H and O–H groups in total. The van der Waals surface area contributed by atoms with Gasteiger partial charge < -0.3 is 4.42 Å². The van der Waals surface area contributed by atoms with E-state index in [0.717, 1.165) is 21.9 Å². The number of rotatable bonds is 6. The van der Waals surface area contributed by atoms with Crippen molar-refractivity contribution in [3.63, 3.8) is 0 Å². The zero-order chi connectivity index (χ0) is 34.4. The summed E-state index contributed by atoms with van der Waals surface area (Å²) in [6, 6.07) is 72.4. The van der Waals surface area contributed by atoms with Crippen LogP contribution in [0.25, 0.3) is 76.9 Å². The van der Waals surface area contributed by atoms with Crippen LogP contribution >= 0.6 is 0 Å². The van der Waals surface area contributed by atoms with Crippen molar-refractivity contribution >= 4 is 43.5 Å². The summed E-state index contributed by atoms with van der Waals surface area (Å²) in [5.74, 6) is 0.0252. The molecule has 9 aromatic carbocycles. The van der Waals surface area contributed by atoms with E-state index in [0.29, 0.717) is 0 Å². The fraction of sp³-hybridized carbons (Fsp3) is 0.0196. The van der Waals surface area contributed by atoms with Gasteiger partial charge in [-0.05, 0) is 89.8 Å². The summed E-state index contributed by atoms with van der Waals surface area (Å²) < 4.78 is 6.83. The lowest BCUT2D eigenvalue weighted by atomic mass is 9.83. The van der Waals surface area contributed by atoms with Crippen molar-refractivity contribution in [1.29, 1.82) is 0 Å². The fourth-order valence-corrected chi connectivity index (χ4v) is 8.01. The van der Waals surface area contributed by atoms with Crippen LogP contribution in [-0.4, -0.2) is 0 Å². The van der Waals surface area contributed by atoms with Gasteiger partial charge >= 0.3 is 0 Å². The molecule has 0 atom stereocenters. The Kier molecular flexibility index (Phi) is 7.29. The second-order valence-electron chi connectivity index (χ2n) is 13.7. The largest absolute Gasteiger partial charge is 0.456 e. The Balaban J connectivity index is 1.12. The van der Waals surface area contributed by atoms with Gasteiger partial charge in [-0.3, -0.25) is 0 Å². The predicted octanol–water partition coefficient (Wildman–Crippen LogP) is 14.1. The number of hydrogen-bond acceptors (Lipinski definition) is 1. The highest BCUT2D eigenvalue weighted by Gasteiger charge is 2.21. The number of furan rings is 1. The van der Waals surface area contributed by atoms with Crippen molar-refractivity contribution < 1.29 is 4.42 Å². The van der Waals surface area contributed by atoms with Crippen LogP contribution in [0.15, 0.2) is 205 Å². The first-order valence-corrected chi connectivity index (χ1v) is 17.9. The summed E-state index contributed by atoms with van der Waals surface area (Å²) in [4.78, 5) is 0. The maximum absolute atomic E-state index is 6.83. The van der Waals surface area contributed by atoms with Crippen molar-refractivity contribution in [2.75, 3.05) is 0 Å². The first-order valence-electron chi connectivity index (χ1n) is 17.9. The smallest absolute Gasteiger partial charge is 0.136 e. The SMILES string of the molecule is c1ccc(-c2ccc(C(c3ccc(-c4ccccc4)cc3)c3ccc4c(c3)oc3cc(-c5ccc6ccccc6c5)c5ccccc5c34)cc2)cc1. The van der Waals surface area contributed by atoms with E-state index in [1.54, 1.807) is 0 Å². The minimum absolute atomic E-state index is 0.0252. The van der Waals surface area contributed by atoms with E-state index >= 15 is 0 Å². The van der Waals surface area contributed by atoms with Gasteiger partial charge in [0.2, 0.25) is 0 Å². The van der Waals surface area contributed by atoms with Crippen LogP contribution in [0.2, 0.25) is 0 Å². The quantitative estimate of drug-likeness (QED) is 0.162. The molecule has 0 radical (unpaired) electrons. The maximum Gasteiger partial charge on any atom is 0.136 e. The van der Waals surface area contributed by atoms with Crippen LogP contribution < -0.4 is 0 Å². The molecule has 1 heterocycles. The van der Waals surface area contributed by atoms with Gasteiger partial charge in [-0.1, -0.05) is 182 Å². The van der Waals surface area contributed by atoms with Crippen molar-refractivity contribution in [3.8, 4) is 33.4 Å². The van der Waals surface area contributed by atoms with E-state index < -0.39 is 0 Å². The number of fused-ring (bicyclic) bond motifs is 6. The van der Waals surface area contributed by atoms with Crippen LogP contribution in [0.5, 0.6) is 0 Å². The van der Waals surface area contributed by atoms with E-state index in [4.69, 9.17) is 4.42 Å². The molecule has 0 aliphatic rings. The highest BCUT2D eigenvalue weighted by atomic mass is 16.3. The predicted molar refractivity (Wildman–Crippen MR) is 219 cm³/mol.